The first-order valence-electron chi connectivity index (χ1n) is 7.03. The average molecular weight is 302 g/mol. The van der Waals surface area contributed by atoms with Crippen LogP contribution in [0.1, 0.15) is 41.5 Å². The highest BCUT2D eigenvalue weighted by Crippen LogP contribution is 2.33. The van der Waals surface area contributed by atoms with Gasteiger partial charge in [0, 0.05) is 13.5 Å². The van der Waals surface area contributed by atoms with E-state index in [-0.39, 0.29) is 19.1 Å². The van der Waals surface area contributed by atoms with Crippen LogP contribution in [0, 0.1) is 0 Å². The summed E-state index contributed by atoms with van der Waals surface area (Å²) in [5.74, 6) is -0.208. The molecular formula is C14H26N2O5. The molecule has 1 aliphatic heterocycles. The molecule has 7 nitrogen and oxygen atoms in total. The molecule has 7 heteroatoms. The maximum atomic E-state index is 12.4. The van der Waals surface area contributed by atoms with Gasteiger partial charge in [-0.05, 0) is 34.6 Å². The van der Waals surface area contributed by atoms with Crippen LogP contribution in [0.4, 0.5) is 4.79 Å². The molecule has 1 saturated heterocycles. The number of amides is 2. The van der Waals surface area contributed by atoms with Crippen molar-refractivity contribution in [3.05, 3.63) is 0 Å². The van der Waals surface area contributed by atoms with Crippen LogP contribution in [0.3, 0.4) is 0 Å². The Balaban J connectivity index is 2.97. The van der Waals surface area contributed by atoms with Gasteiger partial charge >= 0.3 is 6.09 Å². The third-order valence-corrected chi connectivity index (χ3v) is 3.11. The molecule has 122 valence electrons. The van der Waals surface area contributed by atoms with Crippen LogP contribution in [0.5, 0.6) is 0 Å². The summed E-state index contributed by atoms with van der Waals surface area (Å²) in [4.78, 5) is 25.0. The molecule has 1 rings (SSSR count). The fourth-order valence-corrected chi connectivity index (χ4v) is 2.37. The zero-order valence-electron chi connectivity index (χ0n) is 13.6. The van der Waals surface area contributed by atoms with E-state index in [4.69, 9.17) is 9.47 Å². The SMILES string of the molecule is CC(=O)NC[C@@H]1[C@H](CO)OC(C)(C)N1C(=O)OC(C)(C)C. The van der Waals surface area contributed by atoms with Crippen molar-refractivity contribution in [2.24, 2.45) is 0 Å². The summed E-state index contributed by atoms with van der Waals surface area (Å²) in [6.45, 7) is 10.1. The van der Waals surface area contributed by atoms with E-state index in [0.29, 0.717) is 0 Å². The number of nitrogens with one attached hydrogen (secondary N) is 1. The molecule has 0 saturated carbocycles. The largest absolute Gasteiger partial charge is 0.444 e. The number of nitrogens with zero attached hydrogens (tertiary/aromatic N) is 1. The molecule has 0 aromatic rings. The van der Waals surface area contributed by atoms with Crippen molar-refractivity contribution >= 4 is 12.0 Å². The second kappa shape index (κ2) is 6.19. The Morgan fingerprint density at radius 2 is 1.95 bits per heavy atom. The van der Waals surface area contributed by atoms with E-state index in [9.17, 15) is 14.7 Å². The maximum Gasteiger partial charge on any atom is 0.412 e. The van der Waals surface area contributed by atoms with Crippen molar-refractivity contribution in [1.82, 2.24) is 10.2 Å². The molecule has 0 aromatic carbocycles. The lowest BCUT2D eigenvalue weighted by Gasteiger charge is -2.35. The Morgan fingerprint density at radius 1 is 1.38 bits per heavy atom. The molecule has 2 N–H and O–H groups in total. The Bertz CT molecular complexity index is 403. The maximum absolute atomic E-state index is 12.4. The van der Waals surface area contributed by atoms with Gasteiger partial charge in [-0.25, -0.2) is 4.79 Å². The molecule has 0 spiro atoms. The number of hydrogen-bond donors (Lipinski definition) is 2. The molecule has 1 fully saturated rings. The van der Waals surface area contributed by atoms with Gasteiger partial charge in [-0.1, -0.05) is 0 Å². The Labute approximate surface area is 125 Å². The number of carbonyl (C=O) groups excluding carboxylic acids is 2. The molecule has 0 unspecified atom stereocenters. The van der Waals surface area contributed by atoms with Crippen molar-refractivity contribution in [3.63, 3.8) is 0 Å². The highest BCUT2D eigenvalue weighted by Gasteiger charge is 2.50. The van der Waals surface area contributed by atoms with Crippen LogP contribution in [-0.4, -0.2) is 58.6 Å². The third-order valence-electron chi connectivity index (χ3n) is 3.11. The van der Waals surface area contributed by atoms with Crippen molar-refractivity contribution in [2.75, 3.05) is 13.2 Å². The first-order valence-corrected chi connectivity index (χ1v) is 7.03. The van der Waals surface area contributed by atoms with Gasteiger partial charge in [-0.2, -0.15) is 0 Å². The molecule has 1 aliphatic rings. The molecule has 0 bridgehead atoms. The molecule has 2 amide bonds. The third kappa shape index (κ3) is 4.57. The summed E-state index contributed by atoms with van der Waals surface area (Å²) in [5, 5.41) is 12.1. The summed E-state index contributed by atoms with van der Waals surface area (Å²) in [6, 6.07) is -0.483. The van der Waals surface area contributed by atoms with E-state index in [0.717, 1.165) is 0 Å². The van der Waals surface area contributed by atoms with E-state index in [1.54, 1.807) is 34.6 Å². The molecular weight excluding hydrogens is 276 g/mol. The molecule has 0 aliphatic carbocycles. The number of aliphatic hydroxyl groups is 1. The van der Waals surface area contributed by atoms with Gasteiger partial charge in [0.05, 0.1) is 12.6 Å². The van der Waals surface area contributed by atoms with E-state index in [1.165, 1.54) is 11.8 Å². The van der Waals surface area contributed by atoms with Gasteiger partial charge < -0.3 is 19.9 Å². The normalized spacial score (nSPS) is 24.8. The smallest absolute Gasteiger partial charge is 0.412 e. The second-order valence-electron chi connectivity index (χ2n) is 6.64. The quantitative estimate of drug-likeness (QED) is 0.807. The number of carbonyl (C=O) groups is 2. The summed E-state index contributed by atoms with van der Waals surface area (Å²) in [6.07, 6.45) is -1.10. The average Bonchev–Trinajstić information content (AvgIpc) is 2.54. The predicted octanol–water partition coefficient (Wildman–Crippen LogP) is 0.855. The van der Waals surface area contributed by atoms with Crippen LogP contribution in [-0.2, 0) is 14.3 Å². The predicted molar refractivity (Wildman–Crippen MR) is 76.6 cm³/mol. The Kier molecular flexibility index (Phi) is 5.22. The van der Waals surface area contributed by atoms with Gasteiger partial charge in [-0.3, -0.25) is 9.69 Å². The number of ether oxygens (including phenoxy) is 2. The van der Waals surface area contributed by atoms with Crippen LogP contribution in [0.25, 0.3) is 0 Å². The van der Waals surface area contributed by atoms with E-state index < -0.39 is 29.6 Å². The van der Waals surface area contributed by atoms with E-state index in [1.807, 2.05) is 0 Å². The second-order valence-corrected chi connectivity index (χ2v) is 6.64. The molecule has 0 aromatic heterocycles. The standard InChI is InChI=1S/C14H26N2O5/c1-9(18)15-7-10-11(8-17)20-14(5,6)16(10)12(19)21-13(2,3)4/h10-11,17H,7-8H2,1-6H3,(H,15,18)/t10-,11+/m1/s1. The van der Waals surface area contributed by atoms with Gasteiger partial charge in [0.2, 0.25) is 5.91 Å². The van der Waals surface area contributed by atoms with Crippen LogP contribution >= 0.6 is 0 Å². The molecule has 2 atom stereocenters. The lowest BCUT2D eigenvalue weighted by Crippen LogP contribution is -2.53. The lowest BCUT2D eigenvalue weighted by molar-refractivity contribution is -0.119. The first-order chi connectivity index (χ1) is 9.48. The highest BCUT2D eigenvalue weighted by atomic mass is 16.6. The van der Waals surface area contributed by atoms with Crippen LogP contribution in [0.15, 0.2) is 0 Å². The summed E-state index contributed by atoms with van der Waals surface area (Å²) < 4.78 is 11.1. The monoisotopic (exact) mass is 302 g/mol. The van der Waals surface area contributed by atoms with E-state index in [2.05, 4.69) is 5.32 Å². The minimum absolute atomic E-state index is 0.198. The van der Waals surface area contributed by atoms with Crippen LogP contribution in [0.2, 0.25) is 0 Å². The lowest BCUT2D eigenvalue weighted by atomic mass is 10.1. The van der Waals surface area contributed by atoms with Gasteiger partial charge in [-0.15, -0.1) is 0 Å². The van der Waals surface area contributed by atoms with Gasteiger partial charge in [0.15, 0.2) is 0 Å². The summed E-state index contributed by atoms with van der Waals surface area (Å²) >= 11 is 0. The van der Waals surface area contributed by atoms with Gasteiger partial charge in [0.25, 0.3) is 0 Å². The first kappa shape index (κ1) is 17.7. The Hall–Kier alpha value is -1.34. The van der Waals surface area contributed by atoms with Crippen molar-refractivity contribution < 1.29 is 24.2 Å². The zero-order valence-corrected chi connectivity index (χ0v) is 13.6. The van der Waals surface area contributed by atoms with Crippen LogP contribution < -0.4 is 5.32 Å². The molecule has 1 heterocycles. The number of aliphatic hydroxyl groups excluding tert-OH is 1. The Morgan fingerprint density at radius 3 is 2.38 bits per heavy atom. The highest BCUT2D eigenvalue weighted by molar-refractivity contribution is 5.73. The molecule has 0 radical (unpaired) electrons. The summed E-state index contributed by atoms with van der Waals surface area (Å²) in [5.41, 5.74) is -1.55. The van der Waals surface area contributed by atoms with E-state index >= 15 is 0 Å². The van der Waals surface area contributed by atoms with Crippen molar-refractivity contribution in [3.8, 4) is 0 Å². The van der Waals surface area contributed by atoms with Gasteiger partial charge in [0.1, 0.15) is 17.4 Å². The fraction of sp³-hybridized carbons (Fsp3) is 0.857. The fourth-order valence-electron chi connectivity index (χ4n) is 2.37. The number of rotatable bonds is 3. The van der Waals surface area contributed by atoms with Crippen molar-refractivity contribution in [1.29, 1.82) is 0 Å². The number of hydrogen-bond acceptors (Lipinski definition) is 5. The minimum Gasteiger partial charge on any atom is -0.444 e. The minimum atomic E-state index is -0.918. The van der Waals surface area contributed by atoms with Crippen molar-refractivity contribution in [2.45, 2.75) is 65.0 Å². The summed E-state index contributed by atoms with van der Waals surface area (Å²) in [7, 11) is 0. The topological polar surface area (TPSA) is 88.1 Å². The zero-order chi connectivity index (χ0) is 16.4. The molecule has 21 heavy (non-hydrogen) atoms.